The van der Waals surface area contributed by atoms with Gasteiger partial charge in [0.1, 0.15) is 11.3 Å². The van der Waals surface area contributed by atoms with E-state index in [1.807, 2.05) is 0 Å². The molecule has 0 aliphatic carbocycles. The van der Waals surface area contributed by atoms with Crippen LogP contribution < -0.4 is 10.1 Å². The van der Waals surface area contributed by atoms with Crippen LogP contribution in [0.1, 0.15) is 15.9 Å². The second-order valence-corrected chi connectivity index (χ2v) is 6.03. The Hall–Kier alpha value is -4.34. The van der Waals surface area contributed by atoms with Crippen molar-refractivity contribution < 1.29 is 24.0 Å². The average Bonchev–Trinajstić information content (AvgIpc) is 2.74. The highest BCUT2D eigenvalue weighted by Crippen LogP contribution is 2.23. The molecule has 1 aromatic carbocycles. The van der Waals surface area contributed by atoms with Gasteiger partial charge < -0.3 is 14.8 Å². The number of hydrogen-bond acceptors (Lipinski definition) is 8. The number of amides is 1. The molecular formula is C20H16N4O6. The molecule has 0 radical (unpaired) electrons. The Morgan fingerprint density at radius 3 is 2.67 bits per heavy atom. The van der Waals surface area contributed by atoms with Crippen LogP contribution in [0.25, 0.3) is 0 Å². The van der Waals surface area contributed by atoms with Crippen molar-refractivity contribution in [2.75, 3.05) is 11.9 Å². The molecule has 0 saturated heterocycles. The molecule has 152 valence electrons. The lowest BCUT2D eigenvalue weighted by Crippen LogP contribution is -2.21. The van der Waals surface area contributed by atoms with Gasteiger partial charge in [-0.05, 0) is 42.8 Å². The summed E-state index contributed by atoms with van der Waals surface area (Å²) in [5, 5.41) is 13.3. The summed E-state index contributed by atoms with van der Waals surface area (Å²) in [6.45, 7) is 1.06. The molecule has 0 aliphatic heterocycles. The fourth-order valence-electron chi connectivity index (χ4n) is 2.44. The van der Waals surface area contributed by atoms with Crippen molar-refractivity contribution in [1.29, 1.82) is 0 Å². The first-order chi connectivity index (χ1) is 14.4. The molecule has 0 saturated carbocycles. The van der Waals surface area contributed by atoms with Crippen LogP contribution in [-0.4, -0.2) is 33.4 Å². The van der Waals surface area contributed by atoms with Crippen LogP contribution in [0.2, 0.25) is 0 Å². The molecule has 0 fully saturated rings. The smallest absolute Gasteiger partial charge is 0.344 e. The number of esters is 1. The Kier molecular flexibility index (Phi) is 6.28. The molecule has 2 heterocycles. The van der Waals surface area contributed by atoms with Gasteiger partial charge in [-0.1, -0.05) is 0 Å². The summed E-state index contributed by atoms with van der Waals surface area (Å²) in [6, 6.07) is 10.3. The highest BCUT2D eigenvalue weighted by Gasteiger charge is 2.18. The normalized spacial score (nSPS) is 10.2. The van der Waals surface area contributed by atoms with E-state index < -0.39 is 23.4 Å². The highest BCUT2D eigenvalue weighted by molar-refractivity contribution is 5.96. The number of carbonyl (C=O) groups excluding carboxylic acids is 2. The van der Waals surface area contributed by atoms with E-state index in [4.69, 9.17) is 9.47 Å². The molecule has 2 aromatic heterocycles. The van der Waals surface area contributed by atoms with Gasteiger partial charge in [0.05, 0.1) is 11.1 Å². The summed E-state index contributed by atoms with van der Waals surface area (Å²) in [4.78, 5) is 42.7. The minimum atomic E-state index is -0.794. The zero-order chi connectivity index (χ0) is 21.5. The summed E-state index contributed by atoms with van der Waals surface area (Å²) in [5.41, 5.74) is 0.835. The van der Waals surface area contributed by atoms with Gasteiger partial charge in [0.25, 0.3) is 11.6 Å². The van der Waals surface area contributed by atoms with Gasteiger partial charge in [-0.3, -0.25) is 19.9 Å². The largest absolute Gasteiger partial charge is 0.452 e. The highest BCUT2D eigenvalue weighted by atomic mass is 16.6. The second-order valence-electron chi connectivity index (χ2n) is 6.03. The third-order valence-corrected chi connectivity index (χ3v) is 3.87. The van der Waals surface area contributed by atoms with E-state index in [1.165, 1.54) is 42.7 Å². The van der Waals surface area contributed by atoms with Crippen LogP contribution in [0.5, 0.6) is 11.6 Å². The molecule has 3 rings (SSSR count). The molecule has 0 atom stereocenters. The first kappa shape index (κ1) is 20.4. The first-order valence-electron chi connectivity index (χ1n) is 8.69. The molecule has 0 aliphatic rings. The van der Waals surface area contributed by atoms with Crippen LogP contribution in [0, 0.1) is 17.0 Å². The maximum Gasteiger partial charge on any atom is 0.344 e. The van der Waals surface area contributed by atoms with Crippen molar-refractivity contribution in [1.82, 2.24) is 9.97 Å². The van der Waals surface area contributed by atoms with Crippen LogP contribution in [0.4, 0.5) is 11.4 Å². The van der Waals surface area contributed by atoms with Crippen molar-refractivity contribution in [2.24, 2.45) is 0 Å². The maximum atomic E-state index is 12.4. The van der Waals surface area contributed by atoms with Crippen molar-refractivity contribution in [3.05, 3.63) is 82.3 Å². The summed E-state index contributed by atoms with van der Waals surface area (Å²) < 4.78 is 10.6. The lowest BCUT2D eigenvalue weighted by molar-refractivity contribution is -0.384. The number of aryl methyl sites for hydroxylation is 1. The molecular weight excluding hydrogens is 392 g/mol. The van der Waals surface area contributed by atoms with Gasteiger partial charge in [0.2, 0.25) is 5.88 Å². The Bertz CT molecular complexity index is 1090. The summed E-state index contributed by atoms with van der Waals surface area (Å²) in [6.07, 6.45) is 4.49. The Labute approximate surface area is 170 Å². The van der Waals surface area contributed by atoms with Gasteiger partial charge in [-0.2, -0.15) is 0 Å². The zero-order valence-electron chi connectivity index (χ0n) is 15.8. The summed E-state index contributed by atoms with van der Waals surface area (Å²) >= 11 is 0. The molecule has 3 aromatic rings. The van der Waals surface area contributed by atoms with E-state index in [9.17, 15) is 19.7 Å². The number of carbonyl (C=O) groups is 2. The Morgan fingerprint density at radius 1 is 1.17 bits per heavy atom. The number of nitro groups is 1. The van der Waals surface area contributed by atoms with E-state index in [-0.39, 0.29) is 17.1 Å². The van der Waals surface area contributed by atoms with E-state index >= 15 is 0 Å². The summed E-state index contributed by atoms with van der Waals surface area (Å²) in [7, 11) is 0. The van der Waals surface area contributed by atoms with Crippen molar-refractivity contribution in [3.8, 4) is 11.6 Å². The van der Waals surface area contributed by atoms with E-state index in [1.54, 1.807) is 25.3 Å². The SMILES string of the molecule is Cc1cc([N+](=O)[O-])ccc1NC(=O)COC(=O)c1cccnc1Oc1cccnc1. The number of anilines is 1. The second kappa shape index (κ2) is 9.24. The number of nitro benzene ring substituents is 1. The molecule has 0 bridgehead atoms. The predicted octanol–water partition coefficient (Wildman–Crippen LogP) is 3.28. The molecule has 0 spiro atoms. The zero-order valence-corrected chi connectivity index (χ0v) is 15.8. The van der Waals surface area contributed by atoms with Crippen LogP contribution in [-0.2, 0) is 9.53 Å². The van der Waals surface area contributed by atoms with Crippen LogP contribution >= 0.6 is 0 Å². The topological polar surface area (TPSA) is 134 Å². The number of rotatable bonds is 7. The van der Waals surface area contributed by atoms with E-state index in [2.05, 4.69) is 15.3 Å². The molecule has 0 unspecified atom stereocenters. The number of ether oxygens (including phenoxy) is 2. The molecule has 1 amide bonds. The van der Waals surface area contributed by atoms with Gasteiger partial charge in [-0.25, -0.2) is 9.78 Å². The lowest BCUT2D eigenvalue weighted by Gasteiger charge is -2.11. The quantitative estimate of drug-likeness (QED) is 0.358. The van der Waals surface area contributed by atoms with Crippen molar-refractivity contribution >= 4 is 23.3 Å². The minimum absolute atomic E-state index is 0.0159. The van der Waals surface area contributed by atoms with Gasteiger partial charge in [0.15, 0.2) is 6.61 Å². The minimum Gasteiger partial charge on any atom is -0.452 e. The number of hydrogen-bond donors (Lipinski definition) is 1. The van der Waals surface area contributed by atoms with Gasteiger partial charge in [0, 0.05) is 30.2 Å². The number of benzene rings is 1. The molecule has 10 heteroatoms. The predicted molar refractivity (Wildman–Crippen MR) is 105 cm³/mol. The number of aromatic nitrogens is 2. The number of non-ortho nitro benzene ring substituents is 1. The van der Waals surface area contributed by atoms with Crippen LogP contribution in [0.3, 0.4) is 0 Å². The number of pyridine rings is 2. The van der Waals surface area contributed by atoms with Crippen molar-refractivity contribution in [3.63, 3.8) is 0 Å². The van der Waals surface area contributed by atoms with Crippen molar-refractivity contribution in [2.45, 2.75) is 6.92 Å². The third kappa shape index (κ3) is 5.13. The van der Waals surface area contributed by atoms with Crippen LogP contribution in [0.15, 0.2) is 61.1 Å². The Balaban J connectivity index is 1.62. The van der Waals surface area contributed by atoms with Gasteiger partial charge >= 0.3 is 5.97 Å². The van der Waals surface area contributed by atoms with E-state index in [0.717, 1.165) is 0 Å². The third-order valence-electron chi connectivity index (χ3n) is 3.87. The number of nitrogens with zero attached hydrogens (tertiary/aromatic N) is 3. The standard InChI is InChI=1S/C20H16N4O6/c1-13-10-14(24(27)28)6-7-17(13)23-18(25)12-29-20(26)16-5-3-9-22-19(16)30-15-4-2-8-21-11-15/h2-11H,12H2,1H3,(H,23,25). The summed E-state index contributed by atoms with van der Waals surface area (Å²) in [5.74, 6) is -0.991. The Morgan fingerprint density at radius 2 is 1.97 bits per heavy atom. The van der Waals surface area contributed by atoms with Gasteiger partial charge in [-0.15, -0.1) is 0 Å². The average molecular weight is 408 g/mol. The number of nitrogens with one attached hydrogen (secondary N) is 1. The molecule has 10 nitrogen and oxygen atoms in total. The molecule has 1 N–H and O–H groups in total. The fourth-order valence-corrected chi connectivity index (χ4v) is 2.44. The lowest BCUT2D eigenvalue weighted by atomic mass is 10.2. The monoisotopic (exact) mass is 408 g/mol. The van der Waals surface area contributed by atoms with E-state index in [0.29, 0.717) is 17.0 Å². The fraction of sp³-hybridized carbons (Fsp3) is 0.100. The first-order valence-corrected chi connectivity index (χ1v) is 8.69. The maximum absolute atomic E-state index is 12.4. The molecule has 30 heavy (non-hydrogen) atoms.